The topological polar surface area (TPSA) is 67.6 Å². The molecule has 3 N–H and O–H groups in total. The third-order valence-corrected chi connectivity index (χ3v) is 3.80. The summed E-state index contributed by atoms with van der Waals surface area (Å²) in [5, 5.41) is 7.45. The Labute approximate surface area is 103 Å². The average molecular weight is 236 g/mol. The number of H-pyrrole nitrogens is 1. The number of hydrogen-bond acceptors (Lipinski definition) is 3. The summed E-state index contributed by atoms with van der Waals surface area (Å²) >= 11 is 0. The van der Waals surface area contributed by atoms with Crippen LogP contribution in [0.25, 0.3) is 0 Å². The summed E-state index contributed by atoms with van der Waals surface area (Å²) in [5.41, 5.74) is 5.55. The monoisotopic (exact) mass is 236 g/mol. The van der Waals surface area contributed by atoms with Gasteiger partial charge in [0.1, 0.15) is 5.82 Å². The van der Waals surface area contributed by atoms with Gasteiger partial charge in [-0.3, -0.25) is 5.10 Å². The maximum atomic E-state index is 5.55. The second kappa shape index (κ2) is 6.15. The van der Waals surface area contributed by atoms with Crippen LogP contribution in [0.5, 0.6) is 0 Å². The number of nitrogens with two attached hydrogens (primary N) is 1. The fourth-order valence-corrected chi connectivity index (χ4v) is 2.60. The summed E-state index contributed by atoms with van der Waals surface area (Å²) in [6, 6.07) is 0. The van der Waals surface area contributed by atoms with E-state index < -0.39 is 0 Å². The second-order valence-electron chi connectivity index (χ2n) is 5.34. The smallest absolute Gasteiger partial charge is 0.153 e. The molecule has 1 aromatic heterocycles. The summed E-state index contributed by atoms with van der Waals surface area (Å²) in [6.45, 7) is 3.03. The molecule has 0 aliphatic heterocycles. The highest BCUT2D eigenvalue weighted by Gasteiger charge is 2.21. The lowest BCUT2D eigenvalue weighted by molar-refractivity contribution is 0.493. The molecular formula is C13H24N4. The highest BCUT2D eigenvalue weighted by atomic mass is 15.2. The second-order valence-corrected chi connectivity index (χ2v) is 5.34. The van der Waals surface area contributed by atoms with Crippen molar-refractivity contribution < 1.29 is 0 Å². The molecule has 0 saturated heterocycles. The predicted molar refractivity (Wildman–Crippen MR) is 68.7 cm³/mol. The van der Waals surface area contributed by atoms with Crippen LogP contribution in [0, 0.1) is 5.92 Å². The van der Waals surface area contributed by atoms with Gasteiger partial charge in [0.05, 0.1) is 0 Å². The molecule has 0 amide bonds. The number of nitrogens with zero attached hydrogens (tertiary/aromatic N) is 2. The molecule has 1 atom stereocenters. The van der Waals surface area contributed by atoms with Crippen LogP contribution in [0.4, 0.5) is 0 Å². The van der Waals surface area contributed by atoms with Gasteiger partial charge in [-0.15, -0.1) is 0 Å². The number of aromatic amines is 1. The van der Waals surface area contributed by atoms with Gasteiger partial charge in [0.2, 0.25) is 0 Å². The van der Waals surface area contributed by atoms with Crippen molar-refractivity contribution in [3.8, 4) is 0 Å². The van der Waals surface area contributed by atoms with Crippen LogP contribution in [-0.4, -0.2) is 21.7 Å². The van der Waals surface area contributed by atoms with E-state index in [2.05, 4.69) is 22.1 Å². The fraction of sp³-hybridized carbons (Fsp3) is 0.846. The number of nitrogens with one attached hydrogen (secondary N) is 1. The first-order chi connectivity index (χ1) is 8.29. The van der Waals surface area contributed by atoms with Crippen LogP contribution < -0.4 is 5.73 Å². The lowest BCUT2D eigenvalue weighted by Crippen LogP contribution is -2.07. The van der Waals surface area contributed by atoms with Crippen molar-refractivity contribution in [3.05, 3.63) is 11.6 Å². The predicted octanol–water partition coefficient (Wildman–Crippen LogP) is 2.38. The van der Waals surface area contributed by atoms with Crippen LogP contribution in [-0.2, 0) is 6.42 Å². The van der Waals surface area contributed by atoms with Gasteiger partial charge in [-0.25, -0.2) is 4.98 Å². The number of hydrogen-bond donors (Lipinski definition) is 2. The fourth-order valence-electron chi connectivity index (χ4n) is 2.60. The van der Waals surface area contributed by atoms with Gasteiger partial charge in [0.15, 0.2) is 5.82 Å². The van der Waals surface area contributed by atoms with Crippen LogP contribution >= 0.6 is 0 Å². The van der Waals surface area contributed by atoms with Crippen molar-refractivity contribution >= 4 is 0 Å². The van der Waals surface area contributed by atoms with Gasteiger partial charge in [-0.05, 0) is 38.1 Å². The minimum absolute atomic E-state index is 0.612. The Bertz CT molecular complexity index is 328. The molecule has 1 heterocycles. The third kappa shape index (κ3) is 3.53. The molecule has 0 aromatic carbocycles. The summed E-state index contributed by atoms with van der Waals surface area (Å²) in [4.78, 5) is 4.63. The quantitative estimate of drug-likeness (QED) is 0.797. The first kappa shape index (κ1) is 12.6. The number of rotatable bonds is 6. The Morgan fingerprint density at radius 2 is 2.12 bits per heavy atom. The molecule has 1 unspecified atom stereocenters. The molecular weight excluding hydrogens is 212 g/mol. The standard InChI is InChI=1S/C13H24N4/c1-10(8-9-14)6-7-12-15-13(17-16-12)11-4-2-3-5-11/h10-11H,2-9,14H2,1H3,(H,15,16,17). The normalized spacial score (nSPS) is 18.7. The van der Waals surface area contributed by atoms with E-state index in [-0.39, 0.29) is 0 Å². The Morgan fingerprint density at radius 3 is 2.82 bits per heavy atom. The Kier molecular flexibility index (Phi) is 4.54. The molecule has 1 saturated carbocycles. The Hall–Kier alpha value is -0.900. The van der Waals surface area contributed by atoms with Crippen LogP contribution in [0.2, 0.25) is 0 Å². The van der Waals surface area contributed by atoms with Crippen molar-refractivity contribution in [2.75, 3.05) is 6.54 Å². The molecule has 4 nitrogen and oxygen atoms in total. The van der Waals surface area contributed by atoms with E-state index in [9.17, 15) is 0 Å². The van der Waals surface area contributed by atoms with Gasteiger partial charge in [-0.2, -0.15) is 5.10 Å². The molecule has 2 rings (SSSR count). The molecule has 1 aliphatic carbocycles. The zero-order chi connectivity index (χ0) is 12.1. The van der Waals surface area contributed by atoms with Gasteiger partial charge in [-0.1, -0.05) is 19.8 Å². The van der Waals surface area contributed by atoms with Gasteiger partial charge in [0.25, 0.3) is 0 Å². The summed E-state index contributed by atoms with van der Waals surface area (Å²) in [5.74, 6) is 3.39. The van der Waals surface area contributed by atoms with Gasteiger partial charge in [0, 0.05) is 12.3 Å². The summed E-state index contributed by atoms with van der Waals surface area (Å²) in [6.07, 6.45) is 8.45. The molecule has 4 heteroatoms. The van der Waals surface area contributed by atoms with E-state index in [1.165, 1.54) is 25.7 Å². The van der Waals surface area contributed by atoms with Crippen molar-refractivity contribution in [1.29, 1.82) is 0 Å². The minimum atomic E-state index is 0.612. The maximum absolute atomic E-state index is 5.55. The van der Waals surface area contributed by atoms with Crippen LogP contribution in [0.3, 0.4) is 0 Å². The van der Waals surface area contributed by atoms with E-state index in [1.54, 1.807) is 0 Å². The number of aromatic nitrogens is 3. The molecule has 1 fully saturated rings. The van der Waals surface area contributed by atoms with Crippen molar-refractivity contribution in [2.24, 2.45) is 11.7 Å². The van der Waals surface area contributed by atoms with E-state index in [0.717, 1.165) is 37.5 Å². The van der Waals surface area contributed by atoms with Crippen molar-refractivity contribution in [1.82, 2.24) is 15.2 Å². The summed E-state index contributed by atoms with van der Waals surface area (Å²) in [7, 11) is 0. The maximum Gasteiger partial charge on any atom is 0.153 e. The molecule has 0 radical (unpaired) electrons. The third-order valence-electron chi connectivity index (χ3n) is 3.80. The summed E-state index contributed by atoms with van der Waals surface area (Å²) < 4.78 is 0. The Morgan fingerprint density at radius 1 is 1.35 bits per heavy atom. The van der Waals surface area contributed by atoms with Crippen molar-refractivity contribution in [2.45, 2.75) is 57.8 Å². The lowest BCUT2D eigenvalue weighted by atomic mass is 10.0. The van der Waals surface area contributed by atoms with E-state index in [0.29, 0.717) is 11.8 Å². The van der Waals surface area contributed by atoms with E-state index >= 15 is 0 Å². The highest BCUT2D eigenvalue weighted by Crippen LogP contribution is 2.31. The lowest BCUT2D eigenvalue weighted by Gasteiger charge is -2.07. The van der Waals surface area contributed by atoms with Gasteiger partial charge < -0.3 is 5.73 Å². The minimum Gasteiger partial charge on any atom is -0.330 e. The molecule has 0 spiro atoms. The number of aryl methyl sites for hydroxylation is 1. The first-order valence-corrected chi connectivity index (χ1v) is 6.91. The van der Waals surface area contributed by atoms with Crippen molar-refractivity contribution in [3.63, 3.8) is 0 Å². The van der Waals surface area contributed by atoms with Crippen LogP contribution in [0.15, 0.2) is 0 Å². The Balaban J connectivity index is 1.81. The largest absolute Gasteiger partial charge is 0.330 e. The van der Waals surface area contributed by atoms with Crippen LogP contribution in [0.1, 0.15) is 63.0 Å². The molecule has 0 bridgehead atoms. The molecule has 17 heavy (non-hydrogen) atoms. The SMILES string of the molecule is CC(CCN)CCc1nc(C2CCCC2)n[nH]1. The highest BCUT2D eigenvalue weighted by molar-refractivity contribution is 5.00. The van der Waals surface area contributed by atoms with E-state index in [4.69, 9.17) is 5.73 Å². The molecule has 1 aliphatic rings. The molecule has 96 valence electrons. The zero-order valence-electron chi connectivity index (χ0n) is 10.8. The van der Waals surface area contributed by atoms with E-state index in [1.807, 2.05) is 0 Å². The zero-order valence-corrected chi connectivity index (χ0v) is 10.8. The molecule has 1 aromatic rings. The van der Waals surface area contributed by atoms with Gasteiger partial charge >= 0.3 is 0 Å². The first-order valence-electron chi connectivity index (χ1n) is 6.91. The average Bonchev–Trinajstić information content (AvgIpc) is 2.97.